The molecule has 0 saturated heterocycles. The van der Waals surface area contributed by atoms with Gasteiger partial charge in [-0.05, 0) is 51.5 Å². The van der Waals surface area contributed by atoms with Gasteiger partial charge in [0.15, 0.2) is 0 Å². The number of carbonyl (C=O) groups excluding carboxylic acids is 1. The average Bonchev–Trinajstić information content (AvgIpc) is 2.75. The lowest BCUT2D eigenvalue weighted by Crippen LogP contribution is -2.54. The first-order chi connectivity index (χ1) is 8.73. The van der Waals surface area contributed by atoms with E-state index in [1.165, 1.54) is 26.4 Å². The zero-order valence-corrected chi connectivity index (χ0v) is 11.5. The smallest absolute Gasteiger partial charge is 0.326 e. The lowest BCUT2D eigenvalue weighted by atomic mass is 9.85. The molecule has 0 aromatic heterocycles. The molecule has 2 unspecified atom stereocenters. The summed E-state index contributed by atoms with van der Waals surface area (Å²) in [6, 6.07) is 0. The van der Waals surface area contributed by atoms with Gasteiger partial charge in [-0.2, -0.15) is 0 Å². The van der Waals surface area contributed by atoms with Crippen molar-refractivity contribution in [3.05, 3.63) is 0 Å². The fraction of sp³-hybridized carbons (Fsp3) is 0.929. The Hall–Kier alpha value is -0.610. The van der Waals surface area contributed by atoms with Crippen molar-refractivity contribution in [2.75, 3.05) is 20.8 Å². The molecule has 2 fully saturated rings. The third kappa shape index (κ3) is 2.54. The largest absolute Gasteiger partial charge is 0.468 e. The number of likely N-dealkylation sites (N-methyl/N-ethyl adjacent to an activating group) is 1. The molecule has 104 valence electrons. The van der Waals surface area contributed by atoms with E-state index in [1.807, 2.05) is 7.05 Å². The number of hydrogen-bond acceptors (Lipinski definition) is 4. The first-order valence-corrected chi connectivity index (χ1v) is 7.12. The zero-order valence-electron chi connectivity index (χ0n) is 11.5. The summed E-state index contributed by atoms with van der Waals surface area (Å²) in [5.74, 6) is 0.228. The normalized spacial score (nSPS) is 32.2. The van der Waals surface area contributed by atoms with Crippen LogP contribution in [0.2, 0.25) is 0 Å². The molecule has 2 aliphatic rings. The number of methoxy groups -OCH3 is 1. The van der Waals surface area contributed by atoms with Crippen molar-refractivity contribution in [2.45, 2.75) is 56.6 Å². The van der Waals surface area contributed by atoms with Gasteiger partial charge in [-0.3, -0.25) is 4.79 Å². The molecule has 0 aromatic carbocycles. The van der Waals surface area contributed by atoms with Crippen molar-refractivity contribution in [1.29, 1.82) is 0 Å². The van der Waals surface area contributed by atoms with Crippen LogP contribution in [0.4, 0.5) is 0 Å². The van der Waals surface area contributed by atoms with E-state index in [0.717, 1.165) is 32.3 Å². The van der Waals surface area contributed by atoms with Gasteiger partial charge < -0.3 is 14.8 Å². The summed E-state index contributed by atoms with van der Waals surface area (Å²) < 4.78 is 10.8. The molecule has 0 spiro atoms. The minimum Gasteiger partial charge on any atom is -0.468 e. The standard InChI is InChI=1S/C14H25NO3/c1-15-14(13(16)17-2)9-4-5-11(14)8-10-18-12-6-3-7-12/h11-12,15H,3-10H2,1-2H3. The van der Waals surface area contributed by atoms with Crippen LogP contribution in [0.15, 0.2) is 0 Å². The van der Waals surface area contributed by atoms with E-state index >= 15 is 0 Å². The summed E-state index contributed by atoms with van der Waals surface area (Å²) in [5.41, 5.74) is -0.474. The fourth-order valence-corrected chi connectivity index (χ4v) is 3.27. The van der Waals surface area contributed by atoms with Crippen LogP contribution in [-0.4, -0.2) is 38.4 Å². The van der Waals surface area contributed by atoms with E-state index in [0.29, 0.717) is 12.0 Å². The molecule has 0 amide bonds. The molecule has 4 nitrogen and oxygen atoms in total. The van der Waals surface area contributed by atoms with Gasteiger partial charge >= 0.3 is 5.97 Å². The molecule has 2 aliphatic carbocycles. The Morgan fingerprint density at radius 1 is 1.33 bits per heavy atom. The van der Waals surface area contributed by atoms with E-state index in [-0.39, 0.29) is 5.97 Å². The maximum atomic E-state index is 12.0. The van der Waals surface area contributed by atoms with Crippen molar-refractivity contribution in [2.24, 2.45) is 5.92 Å². The van der Waals surface area contributed by atoms with Crippen molar-refractivity contribution in [1.82, 2.24) is 5.32 Å². The topological polar surface area (TPSA) is 47.6 Å². The fourth-order valence-electron chi connectivity index (χ4n) is 3.27. The van der Waals surface area contributed by atoms with Crippen LogP contribution in [0, 0.1) is 5.92 Å². The number of hydrogen-bond donors (Lipinski definition) is 1. The Labute approximate surface area is 109 Å². The van der Waals surface area contributed by atoms with Gasteiger partial charge in [-0.1, -0.05) is 6.42 Å². The van der Waals surface area contributed by atoms with Crippen LogP contribution in [0.25, 0.3) is 0 Å². The van der Waals surface area contributed by atoms with Crippen LogP contribution >= 0.6 is 0 Å². The van der Waals surface area contributed by atoms with Gasteiger partial charge in [-0.15, -0.1) is 0 Å². The monoisotopic (exact) mass is 255 g/mol. The van der Waals surface area contributed by atoms with E-state index in [1.54, 1.807) is 0 Å². The number of rotatable bonds is 6. The molecule has 0 radical (unpaired) electrons. The maximum Gasteiger partial charge on any atom is 0.326 e. The highest BCUT2D eigenvalue weighted by Crippen LogP contribution is 2.39. The number of carbonyl (C=O) groups is 1. The molecular formula is C14H25NO3. The maximum absolute atomic E-state index is 12.0. The summed E-state index contributed by atoms with van der Waals surface area (Å²) in [7, 11) is 3.34. The minimum absolute atomic E-state index is 0.115. The van der Waals surface area contributed by atoms with Gasteiger partial charge in [0.05, 0.1) is 13.2 Å². The Morgan fingerprint density at radius 2 is 2.11 bits per heavy atom. The Kier molecular flexibility index (Phi) is 4.62. The molecule has 1 N–H and O–H groups in total. The van der Waals surface area contributed by atoms with Crippen LogP contribution < -0.4 is 5.32 Å². The predicted octanol–water partition coefficient (Wildman–Crippen LogP) is 1.88. The summed E-state index contributed by atoms with van der Waals surface area (Å²) in [4.78, 5) is 12.0. The van der Waals surface area contributed by atoms with Crippen molar-refractivity contribution < 1.29 is 14.3 Å². The number of esters is 1. The molecule has 18 heavy (non-hydrogen) atoms. The van der Waals surface area contributed by atoms with Gasteiger partial charge in [0, 0.05) is 6.61 Å². The molecular weight excluding hydrogens is 230 g/mol. The van der Waals surface area contributed by atoms with E-state index in [9.17, 15) is 4.79 Å². The van der Waals surface area contributed by atoms with Gasteiger partial charge in [-0.25, -0.2) is 0 Å². The quantitative estimate of drug-likeness (QED) is 0.736. The number of ether oxygens (including phenoxy) is 2. The second kappa shape index (κ2) is 6.02. The SMILES string of the molecule is CNC1(C(=O)OC)CCCC1CCOC1CCC1. The van der Waals surface area contributed by atoms with Crippen LogP contribution in [0.3, 0.4) is 0 Å². The van der Waals surface area contributed by atoms with E-state index in [2.05, 4.69) is 5.32 Å². The second-order valence-corrected chi connectivity index (χ2v) is 5.51. The first-order valence-electron chi connectivity index (χ1n) is 7.12. The van der Waals surface area contributed by atoms with Crippen molar-refractivity contribution >= 4 is 5.97 Å². The van der Waals surface area contributed by atoms with E-state index < -0.39 is 5.54 Å². The highest BCUT2D eigenvalue weighted by Gasteiger charge is 2.48. The summed E-state index contributed by atoms with van der Waals surface area (Å²) >= 11 is 0. The lowest BCUT2D eigenvalue weighted by Gasteiger charge is -2.33. The highest BCUT2D eigenvalue weighted by atomic mass is 16.5. The first kappa shape index (κ1) is 13.8. The molecule has 0 bridgehead atoms. The average molecular weight is 255 g/mol. The third-order valence-electron chi connectivity index (χ3n) is 4.69. The summed E-state index contributed by atoms with van der Waals surface area (Å²) in [5, 5.41) is 3.21. The van der Waals surface area contributed by atoms with Gasteiger partial charge in [0.1, 0.15) is 5.54 Å². The van der Waals surface area contributed by atoms with Gasteiger partial charge in [0.2, 0.25) is 0 Å². The van der Waals surface area contributed by atoms with Crippen LogP contribution in [0.5, 0.6) is 0 Å². The van der Waals surface area contributed by atoms with E-state index in [4.69, 9.17) is 9.47 Å². The van der Waals surface area contributed by atoms with Gasteiger partial charge in [0.25, 0.3) is 0 Å². The van der Waals surface area contributed by atoms with Crippen molar-refractivity contribution in [3.63, 3.8) is 0 Å². The third-order valence-corrected chi connectivity index (χ3v) is 4.69. The Balaban J connectivity index is 1.86. The molecule has 0 aliphatic heterocycles. The zero-order chi connectivity index (χ0) is 13.0. The Bertz CT molecular complexity index is 291. The second-order valence-electron chi connectivity index (χ2n) is 5.51. The lowest BCUT2D eigenvalue weighted by molar-refractivity contribution is -0.150. The summed E-state index contributed by atoms with van der Waals surface area (Å²) in [6.07, 6.45) is 8.20. The Morgan fingerprint density at radius 3 is 2.67 bits per heavy atom. The highest BCUT2D eigenvalue weighted by molar-refractivity contribution is 5.81. The van der Waals surface area contributed by atoms with Crippen molar-refractivity contribution in [3.8, 4) is 0 Å². The molecule has 0 aromatic rings. The molecule has 2 atom stereocenters. The predicted molar refractivity (Wildman–Crippen MR) is 69.4 cm³/mol. The molecule has 4 heteroatoms. The van der Waals surface area contributed by atoms with Crippen LogP contribution in [0.1, 0.15) is 44.9 Å². The summed E-state index contributed by atoms with van der Waals surface area (Å²) in [6.45, 7) is 0.774. The van der Waals surface area contributed by atoms with Crippen LogP contribution in [-0.2, 0) is 14.3 Å². The minimum atomic E-state index is -0.474. The molecule has 0 heterocycles. The number of nitrogens with one attached hydrogen (secondary N) is 1. The molecule has 2 rings (SSSR count). The molecule has 2 saturated carbocycles.